The van der Waals surface area contributed by atoms with Crippen molar-refractivity contribution in [2.75, 3.05) is 13.2 Å². The number of nitrogens with one attached hydrogen (secondary N) is 2. The summed E-state index contributed by atoms with van der Waals surface area (Å²) in [5, 5.41) is 2.72. The molecule has 5 nitrogen and oxygen atoms in total. The number of benzene rings is 2. The summed E-state index contributed by atoms with van der Waals surface area (Å²) in [7, 11) is 0. The summed E-state index contributed by atoms with van der Waals surface area (Å²) in [6.07, 6.45) is 0. The summed E-state index contributed by atoms with van der Waals surface area (Å²) in [6.45, 7) is 6.64. The van der Waals surface area contributed by atoms with Crippen LogP contribution in [-0.2, 0) is 0 Å². The van der Waals surface area contributed by atoms with Gasteiger partial charge >= 0.3 is 0 Å². The van der Waals surface area contributed by atoms with Crippen molar-refractivity contribution in [3.63, 3.8) is 0 Å². The molecule has 0 saturated heterocycles. The third-order valence-corrected chi connectivity index (χ3v) is 4.33. The molecule has 28 heavy (non-hydrogen) atoms. The van der Waals surface area contributed by atoms with Gasteiger partial charge in [0.15, 0.2) is 0 Å². The highest BCUT2D eigenvalue weighted by Gasteiger charge is 2.11. The smallest absolute Gasteiger partial charge is 0.261 e. The summed E-state index contributed by atoms with van der Waals surface area (Å²) in [5.74, 6) is 0.355. The minimum absolute atomic E-state index is 0.0859. The van der Waals surface area contributed by atoms with Crippen molar-refractivity contribution in [1.29, 1.82) is 0 Å². The highest BCUT2D eigenvalue weighted by atomic mass is 16.5. The van der Waals surface area contributed by atoms with Gasteiger partial charge in [0.1, 0.15) is 17.9 Å². The summed E-state index contributed by atoms with van der Waals surface area (Å²) in [5.41, 5.74) is 4.62. The topological polar surface area (TPSA) is 71.2 Å². The number of hydrogen-bond acceptors (Lipinski definition) is 3. The van der Waals surface area contributed by atoms with Gasteiger partial charge in [-0.15, -0.1) is 0 Å². The molecular formula is C23H24N2O3. The SMILES string of the molecule is Cc1cc(C)cc(OCCNC(=O)c2ccc(-c3cccc(C)c3)[nH]c2=O)c1. The van der Waals surface area contributed by atoms with Gasteiger partial charge < -0.3 is 15.0 Å². The first-order chi connectivity index (χ1) is 13.4. The quantitative estimate of drug-likeness (QED) is 0.643. The van der Waals surface area contributed by atoms with Crippen LogP contribution in [0.25, 0.3) is 11.3 Å². The molecule has 0 radical (unpaired) electrons. The summed E-state index contributed by atoms with van der Waals surface area (Å²) < 4.78 is 5.67. The maximum absolute atomic E-state index is 12.3. The van der Waals surface area contributed by atoms with E-state index in [9.17, 15) is 9.59 Å². The lowest BCUT2D eigenvalue weighted by Crippen LogP contribution is -2.32. The van der Waals surface area contributed by atoms with E-state index < -0.39 is 11.5 Å². The number of rotatable bonds is 6. The fraction of sp³-hybridized carbons (Fsp3) is 0.217. The predicted molar refractivity (Wildman–Crippen MR) is 111 cm³/mol. The van der Waals surface area contributed by atoms with Crippen LogP contribution in [0.15, 0.2) is 59.4 Å². The standard InChI is InChI=1S/C23H24N2O3/c1-15-5-4-6-18(12-15)21-8-7-20(23(27)25-21)22(26)24-9-10-28-19-13-16(2)11-17(3)14-19/h4-8,11-14H,9-10H2,1-3H3,(H,24,26)(H,25,27). The normalized spacial score (nSPS) is 10.5. The van der Waals surface area contributed by atoms with Crippen LogP contribution in [0.4, 0.5) is 0 Å². The Bertz CT molecular complexity index is 1030. The van der Waals surface area contributed by atoms with Gasteiger partial charge in [-0.25, -0.2) is 0 Å². The van der Waals surface area contributed by atoms with Crippen LogP contribution in [0.1, 0.15) is 27.0 Å². The van der Waals surface area contributed by atoms with Gasteiger partial charge in [-0.3, -0.25) is 9.59 Å². The molecular weight excluding hydrogens is 352 g/mol. The first-order valence-electron chi connectivity index (χ1n) is 9.22. The Morgan fingerprint density at radius 2 is 1.71 bits per heavy atom. The zero-order valence-electron chi connectivity index (χ0n) is 16.3. The Morgan fingerprint density at radius 3 is 2.39 bits per heavy atom. The molecule has 0 saturated carbocycles. The maximum Gasteiger partial charge on any atom is 0.261 e. The van der Waals surface area contributed by atoms with E-state index in [-0.39, 0.29) is 5.56 Å². The van der Waals surface area contributed by atoms with Gasteiger partial charge in [0.25, 0.3) is 11.5 Å². The minimum Gasteiger partial charge on any atom is -0.492 e. The number of amides is 1. The van der Waals surface area contributed by atoms with Crippen LogP contribution in [-0.4, -0.2) is 24.0 Å². The van der Waals surface area contributed by atoms with Gasteiger partial charge in [0.2, 0.25) is 0 Å². The summed E-state index contributed by atoms with van der Waals surface area (Å²) in [6, 6.07) is 17.1. The average molecular weight is 376 g/mol. The number of aryl methyl sites for hydroxylation is 3. The highest BCUT2D eigenvalue weighted by Crippen LogP contribution is 2.17. The highest BCUT2D eigenvalue weighted by molar-refractivity contribution is 5.94. The lowest BCUT2D eigenvalue weighted by molar-refractivity contribution is 0.0945. The van der Waals surface area contributed by atoms with Crippen molar-refractivity contribution < 1.29 is 9.53 Å². The second-order valence-electron chi connectivity index (χ2n) is 6.91. The number of hydrogen-bond donors (Lipinski definition) is 2. The lowest BCUT2D eigenvalue weighted by atomic mass is 10.1. The Hall–Kier alpha value is -3.34. The molecule has 0 atom stereocenters. The third kappa shape index (κ3) is 4.88. The monoisotopic (exact) mass is 376 g/mol. The Labute approximate surface area is 164 Å². The number of H-pyrrole nitrogens is 1. The third-order valence-electron chi connectivity index (χ3n) is 4.33. The van der Waals surface area contributed by atoms with Crippen LogP contribution in [0, 0.1) is 20.8 Å². The molecule has 0 fully saturated rings. The number of carbonyl (C=O) groups excluding carboxylic acids is 1. The number of ether oxygens (including phenoxy) is 1. The molecule has 0 aliphatic carbocycles. The first kappa shape index (κ1) is 19.4. The Morgan fingerprint density at radius 1 is 0.964 bits per heavy atom. The second kappa shape index (κ2) is 8.57. The van der Waals surface area contributed by atoms with Crippen molar-refractivity contribution in [1.82, 2.24) is 10.3 Å². The Kier molecular flexibility index (Phi) is 5.94. The lowest BCUT2D eigenvalue weighted by Gasteiger charge is -2.09. The van der Waals surface area contributed by atoms with Gasteiger partial charge in [0.05, 0.1) is 6.54 Å². The Balaban J connectivity index is 1.59. The van der Waals surface area contributed by atoms with E-state index in [2.05, 4.69) is 16.4 Å². The molecule has 2 N–H and O–H groups in total. The average Bonchev–Trinajstić information content (AvgIpc) is 2.64. The van der Waals surface area contributed by atoms with E-state index >= 15 is 0 Å². The minimum atomic E-state index is -0.416. The van der Waals surface area contributed by atoms with Gasteiger partial charge in [-0.1, -0.05) is 29.8 Å². The zero-order valence-corrected chi connectivity index (χ0v) is 16.3. The molecule has 2 aromatic carbocycles. The number of pyridine rings is 1. The number of aromatic amines is 1. The fourth-order valence-corrected chi connectivity index (χ4v) is 3.08. The molecule has 3 rings (SSSR count). The van der Waals surface area contributed by atoms with E-state index in [0.717, 1.165) is 28.0 Å². The van der Waals surface area contributed by atoms with Crippen LogP contribution in [0.3, 0.4) is 0 Å². The molecule has 3 aromatic rings. The van der Waals surface area contributed by atoms with Gasteiger partial charge in [0, 0.05) is 5.69 Å². The predicted octanol–water partition coefficient (Wildman–Crippen LogP) is 3.78. The molecule has 5 heteroatoms. The molecule has 0 bridgehead atoms. The summed E-state index contributed by atoms with van der Waals surface area (Å²) in [4.78, 5) is 27.4. The van der Waals surface area contributed by atoms with E-state index in [1.165, 1.54) is 0 Å². The van der Waals surface area contributed by atoms with Gasteiger partial charge in [-0.2, -0.15) is 0 Å². The molecule has 1 aromatic heterocycles. The van der Waals surface area contributed by atoms with Crippen LogP contribution < -0.4 is 15.6 Å². The van der Waals surface area contributed by atoms with E-state index in [4.69, 9.17) is 4.74 Å². The van der Waals surface area contributed by atoms with Crippen molar-refractivity contribution in [3.05, 3.63) is 87.2 Å². The molecule has 0 aliphatic rings. The molecule has 0 aliphatic heterocycles. The van der Waals surface area contributed by atoms with Crippen molar-refractivity contribution in [2.24, 2.45) is 0 Å². The van der Waals surface area contributed by atoms with Crippen LogP contribution in [0.5, 0.6) is 5.75 Å². The van der Waals surface area contributed by atoms with Crippen LogP contribution >= 0.6 is 0 Å². The fourth-order valence-electron chi connectivity index (χ4n) is 3.08. The van der Waals surface area contributed by atoms with Crippen molar-refractivity contribution >= 4 is 5.91 Å². The van der Waals surface area contributed by atoms with Crippen LogP contribution in [0.2, 0.25) is 0 Å². The van der Waals surface area contributed by atoms with E-state index in [1.807, 2.05) is 57.2 Å². The van der Waals surface area contributed by atoms with Gasteiger partial charge in [-0.05, 0) is 67.8 Å². The van der Waals surface area contributed by atoms with Crippen molar-refractivity contribution in [2.45, 2.75) is 20.8 Å². The summed E-state index contributed by atoms with van der Waals surface area (Å²) >= 11 is 0. The molecule has 1 amide bonds. The molecule has 144 valence electrons. The van der Waals surface area contributed by atoms with Crippen molar-refractivity contribution in [3.8, 4) is 17.0 Å². The van der Waals surface area contributed by atoms with E-state index in [1.54, 1.807) is 12.1 Å². The molecule has 0 unspecified atom stereocenters. The largest absolute Gasteiger partial charge is 0.492 e. The second-order valence-corrected chi connectivity index (χ2v) is 6.91. The van der Waals surface area contributed by atoms with E-state index in [0.29, 0.717) is 18.8 Å². The maximum atomic E-state index is 12.3. The molecule has 1 heterocycles. The number of aromatic nitrogens is 1. The zero-order chi connectivity index (χ0) is 20.1. The number of carbonyl (C=O) groups is 1. The molecule has 0 spiro atoms. The first-order valence-corrected chi connectivity index (χ1v) is 9.22.